The standard InChI is InChI=1S/C16H17FN2O2/c1-2-21-15-7-6-12(11-13(15)17)8-10-19-16(20)14-5-3-4-9-18-14/h3-7,9,11H,2,8,10H2,1H3,(H,19,20). The van der Waals surface area contributed by atoms with Crippen molar-refractivity contribution < 1.29 is 13.9 Å². The summed E-state index contributed by atoms with van der Waals surface area (Å²) in [4.78, 5) is 15.7. The molecule has 0 radical (unpaired) electrons. The van der Waals surface area contributed by atoms with Gasteiger partial charge in [0.15, 0.2) is 11.6 Å². The highest BCUT2D eigenvalue weighted by atomic mass is 19.1. The fourth-order valence-electron chi connectivity index (χ4n) is 1.88. The number of hydrogen-bond acceptors (Lipinski definition) is 3. The Hall–Kier alpha value is -2.43. The van der Waals surface area contributed by atoms with Gasteiger partial charge >= 0.3 is 0 Å². The molecule has 1 aromatic carbocycles. The minimum atomic E-state index is -0.384. The number of benzene rings is 1. The van der Waals surface area contributed by atoms with Crippen molar-refractivity contribution in [1.29, 1.82) is 0 Å². The van der Waals surface area contributed by atoms with E-state index >= 15 is 0 Å². The Morgan fingerprint density at radius 3 is 2.86 bits per heavy atom. The van der Waals surface area contributed by atoms with E-state index in [1.165, 1.54) is 6.07 Å². The van der Waals surface area contributed by atoms with Crippen LogP contribution < -0.4 is 10.1 Å². The summed E-state index contributed by atoms with van der Waals surface area (Å²) in [7, 11) is 0. The first kappa shape index (κ1) is 15.0. The van der Waals surface area contributed by atoms with Crippen molar-refractivity contribution in [2.24, 2.45) is 0 Å². The molecule has 1 heterocycles. The molecule has 4 nitrogen and oxygen atoms in total. The average Bonchev–Trinajstić information content (AvgIpc) is 2.51. The minimum Gasteiger partial charge on any atom is -0.491 e. The smallest absolute Gasteiger partial charge is 0.269 e. The van der Waals surface area contributed by atoms with Gasteiger partial charge in [0.2, 0.25) is 0 Å². The van der Waals surface area contributed by atoms with Gasteiger partial charge in [-0.1, -0.05) is 12.1 Å². The van der Waals surface area contributed by atoms with Crippen LogP contribution in [0.25, 0.3) is 0 Å². The lowest BCUT2D eigenvalue weighted by Gasteiger charge is -2.08. The van der Waals surface area contributed by atoms with Gasteiger partial charge in [-0.2, -0.15) is 0 Å². The van der Waals surface area contributed by atoms with Crippen LogP contribution in [0.5, 0.6) is 5.75 Å². The summed E-state index contributed by atoms with van der Waals surface area (Å²) >= 11 is 0. The lowest BCUT2D eigenvalue weighted by molar-refractivity contribution is 0.0949. The monoisotopic (exact) mass is 288 g/mol. The average molecular weight is 288 g/mol. The van der Waals surface area contributed by atoms with E-state index in [0.717, 1.165) is 5.56 Å². The molecule has 0 aliphatic rings. The summed E-state index contributed by atoms with van der Waals surface area (Å²) in [5.41, 5.74) is 1.17. The molecule has 110 valence electrons. The second kappa shape index (κ2) is 7.38. The molecule has 0 saturated heterocycles. The molecule has 0 bridgehead atoms. The second-order valence-corrected chi connectivity index (χ2v) is 4.42. The largest absolute Gasteiger partial charge is 0.491 e. The second-order valence-electron chi connectivity index (χ2n) is 4.42. The number of rotatable bonds is 6. The van der Waals surface area contributed by atoms with E-state index in [9.17, 15) is 9.18 Å². The highest BCUT2D eigenvalue weighted by molar-refractivity contribution is 5.92. The Balaban J connectivity index is 1.86. The topological polar surface area (TPSA) is 51.2 Å². The van der Waals surface area contributed by atoms with E-state index in [2.05, 4.69) is 10.3 Å². The lowest BCUT2D eigenvalue weighted by Crippen LogP contribution is -2.26. The van der Waals surface area contributed by atoms with Gasteiger partial charge in [0.05, 0.1) is 6.61 Å². The van der Waals surface area contributed by atoms with Crippen molar-refractivity contribution in [3.63, 3.8) is 0 Å². The van der Waals surface area contributed by atoms with Crippen LogP contribution in [0.2, 0.25) is 0 Å². The van der Waals surface area contributed by atoms with Gasteiger partial charge < -0.3 is 10.1 Å². The van der Waals surface area contributed by atoms with Crippen LogP contribution in [-0.2, 0) is 6.42 Å². The molecule has 0 aliphatic carbocycles. The van der Waals surface area contributed by atoms with Crippen molar-refractivity contribution >= 4 is 5.91 Å². The maximum absolute atomic E-state index is 13.7. The Morgan fingerprint density at radius 2 is 2.19 bits per heavy atom. The number of amides is 1. The fraction of sp³-hybridized carbons (Fsp3) is 0.250. The first-order valence-electron chi connectivity index (χ1n) is 6.81. The number of carbonyl (C=O) groups excluding carboxylic acids is 1. The third-order valence-electron chi connectivity index (χ3n) is 2.89. The first-order valence-corrected chi connectivity index (χ1v) is 6.81. The highest BCUT2D eigenvalue weighted by Gasteiger charge is 2.07. The van der Waals surface area contributed by atoms with Gasteiger partial charge in [0, 0.05) is 12.7 Å². The van der Waals surface area contributed by atoms with E-state index in [1.807, 2.05) is 0 Å². The molecule has 2 aromatic rings. The van der Waals surface area contributed by atoms with Gasteiger partial charge in [-0.25, -0.2) is 4.39 Å². The summed E-state index contributed by atoms with van der Waals surface area (Å²) in [5, 5.41) is 2.75. The molecule has 5 heteroatoms. The van der Waals surface area contributed by atoms with E-state index < -0.39 is 0 Å². The van der Waals surface area contributed by atoms with Crippen molar-refractivity contribution in [2.45, 2.75) is 13.3 Å². The molecule has 2 rings (SSSR count). The number of pyridine rings is 1. The van der Waals surface area contributed by atoms with Crippen LogP contribution in [0.3, 0.4) is 0 Å². The van der Waals surface area contributed by atoms with Crippen LogP contribution in [0.4, 0.5) is 4.39 Å². The third-order valence-corrected chi connectivity index (χ3v) is 2.89. The summed E-state index contributed by atoms with van der Waals surface area (Å²) in [5.74, 6) is -0.369. The Kier molecular flexibility index (Phi) is 5.26. The third kappa shape index (κ3) is 4.27. The van der Waals surface area contributed by atoms with Gasteiger partial charge in [-0.05, 0) is 43.2 Å². The Bertz CT molecular complexity index is 602. The maximum Gasteiger partial charge on any atom is 0.269 e. The predicted molar refractivity (Wildman–Crippen MR) is 77.8 cm³/mol. The van der Waals surface area contributed by atoms with E-state index in [4.69, 9.17) is 4.74 Å². The van der Waals surface area contributed by atoms with Crippen LogP contribution >= 0.6 is 0 Å². The molecule has 1 amide bonds. The van der Waals surface area contributed by atoms with Crippen molar-refractivity contribution in [1.82, 2.24) is 10.3 Å². The maximum atomic E-state index is 13.7. The Labute approximate surface area is 123 Å². The number of aromatic nitrogens is 1. The minimum absolute atomic E-state index is 0.234. The quantitative estimate of drug-likeness (QED) is 0.889. The number of carbonyl (C=O) groups is 1. The van der Waals surface area contributed by atoms with Crippen LogP contribution in [-0.4, -0.2) is 24.0 Å². The highest BCUT2D eigenvalue weighted by Crippen LogP contribution is 2.18. The molecule has 1 aromatic heterocycles. The normalized spacial score (nSPS) is 10.2. The van der Waals surface area contributed by atoms with E-state index in [1.54, 1.807) is 43.5 Å². The number of ether oxygens (including phenoxy) is 1. The Morgan fingerprint density at radius 1 is 1.33 bits per heavy atom. The number of hydrogen-bond donors (Lipinski definition) is 1. The van der Waals surface area contributed by atoms with Gasteiger partial charge in [0.1, 0.15) is 5.69 Å². The molecule has 0 spiro atoms. The molecule has 0 saturated carbocycles. The molecule has 0 aliphatic heterocycles. The number of nitrogens with one attached hydrogen (secondary N) is 1. The molecule has 0 atom stereocenters. The fourth-order valence-corrected chi connectivity index (χ4v) is 1.88. The van der Waals surface area contributed by atoms with E-state index in [0.29, 0.717) is 25.3 Å². The van der Waals surface area contributed by atoms with Gasteiger partial charge in [-0.15, -0.1) is 0 Å². The van der Waals surface area contributed by atoms with Crippen molar-refractivity contribution in [3.05, 3.63) is 59.7 Å². The summed E-state index contributed by atoms with van der Waals surface area (Å²) < 4.78 is 18.8. The zero-order valence-electron chi connectivity index (χ0n) is 11.8. The van der Waals surface area contributed by atoms with Crippen LogP contribution in [0, 0.1) is 5.82 Å². The zero-order chi connectivity index (χ0) is 15.1. The zero-order valence-corrected chi connectivity index (χ0v) is 11.8. The predicted octanol–water partition coefficient (Wildman–Crippen LogP) is 2.59. The number of nitrogens with zero attached hydrogens (tertiary/aromatic N) is 1. The van der Waals surface area contributed by atoms with Gasteiger partial charge in [0.25, 0.3) is 5.91 Å². The van der Waals surface area contributed by atoms with Crippen LogP contribution in [0.15, 0.2) is 42.6 Å². The SMILES string of the molecule is CCOc1ccc(CCNC(=O)c2ccccn2)cc1F. The molecule has 21 heavy (non-hydrogen) atoms. The lowest BCUT2D eigenvalue weighted by atomic mass is 10.1. The number of halogens is 1. The molecule has 0 unspecified atom stereocenters. The molecule has 0 fully saturated rings. The molecule has 1 N–H and O–H groups in total. The van der Waals surface area contributed by atoms with Crippen LogP contribution in [0.1, 0.15) is 23.0 Å². The first-order chi connectivity index (χ1) is 10.2. The molecular weight excluding hydrogens is 271 g/mol. The summed E-state index contributed by atoms with van der Waals surface area (Å²) in [6.45, 7) is 2.65. The van der Waals surface area contributed by atoms with Crippen molar-refractivity contribution in [2.75, 3.05) is 13.2 Å². The summed E-state index contributed by atoms with van der Waals surface area (Å²) in [6, 6.07) is 9.97. The molecular formula is C16H17FN2O2. The summed E-state index contributed by atoms with van der Waals surface area (Å²) in [6.07, 6.45) is 2.11. The van der Waals surface area contributed by atoms with Gasteiger partial charge in [-0.3, -0.25) is 9.78 Å². The van der Waals surface area contributed by atoms with Crippen molar-refractivity contribution in [3.8, 4) is 5.75 Å². The van der Waals surface area contributed by atoms with E-state index in [-0.39, 0.29) is 17.5 Å².